The molecule has 42 heavy (non-hydrogen) atoms. The van der Waals surface area contributed by atoms with E-state index in [9.17, 15) is 27.6 Å². The van der Waals surface area contributed by atoms with Crippen molar-refractivity contribution in [2.45, 2.75) is 12.6 Å². The highest BCUT2D eigenvalue weighted by Crippen LogP contribution is 2.38. The molecule has 0 unspecified atom stereocenters. The molecule has 0 spiro atoms. The molecular weight excluding hydrogens is 551 g/mol. The zero-order valence-electron chi connectivity index (χ0n) is 22.9. The number of fused-ring (bicyclic) bond motifs is 1. The monoisotopic (exact) mass is 577 g/mol. The maximum absolute atomic E-state index is 14.2. The summed E-state index contributed by atoms with van der Waals surface area (Å²) in [5.41, 5.74) is -0.568. The van der Waals surface area contributed by atoms with Gasteiger partial charge >= 0.3 is 6.18 Å². The van der Waals surface area contributed by atoms with Crippen molar-refractivity contribution in [1.82, 2.24) is 14.7 Å². The standard InChI is InChI=1S/C30H26F3N5O4/c1-36(2)28(40)18-9-11-20(12-10-18)37-16-15-22-25(29(37)41)38(35-26(22)30(31,32)33)24-14-13-21(42-3)17-23(24)27(39)34-19-7-5-4-6-8-19/h4-14,17H,15-16H2,1-3H3,(H,34,39). The van der Waals surface area contributed by atoms with E-state index in [4.69, 9.17) is 4.74 Å². The number of nitrogens with zero attached hydrogens (tertiary/aromatic N) is 4. The van der Waals surface area contributed by atoms with Gasteiger partial charge in [0.2, 0.25) is 0 Å². The van der Waals surface area contributed by atoms with Gasteiger partial charge in [-0.1, -0.05) is 18.2 Å². The Bertz CT molecular complexity index is 1660. The number of nitrogens with one attached hydrogen (secondary N) is 1. The minimum Gasteiger partial charge on any atom is -0.497 e. The molecular formula is C30H26F3N5O4. The van der Waals surface area contributed by atoms with Crippen LogP contribution in [-0.4, -0.2) is 60.2 Å². The largest absolute Gasteiger partial charge is 0.497 e. The summed E-state index contributed by atoms with van der Waals surface area (Å²) in [5.74, 6) is -1.30. The molecule has 0 bridgehead atoms. The van der Waals surface area contributed by atoms with Crippen LogP contribution in [0, 0.1) is 0 Å². The smallest absolute Gasteiger partial charge is 0.435 e. The Hall–Kier alpha value is -5.13. The average molecular weight is 578 g/mol. The van der Waals surface area contributed by atoms with E-state index in [2.05, 4.69) is 10.4 Å². The van der Waals surface area contributed by atoms with Gasteiger partial charge in [-0.2, -0.15) is 18.3 Å². The summed E-state index contributed by atoms with van der Waals surface area (Å²) in [4.78, 5) is 42.3. The first-order valence-corrected chi connectivity index (χ1v) is 12.9. The number of aromatic nitrogens is 2. The van der Waals surface area contributed by atoms with Crippen LogP contribution in [0.2, 0.25) is 0 Å². The lowest BCUT2D eigenvalue weighted by Crippen LogP contribution is -2.39. The number of hydrogen-bond acceptors (Lipinski definition) is 5. The third-order valence-corrected chi connectivity index (χ3v) is 6.83. The number of carbonyl (C=O) groups is 3. The molecule has 4 aromatic rings. The molecule has 0 atom stereocenters. The Morgan fingerprint density at radius 3 is 2.31 bits per heavy atom. The second-order valence-electron chi connectivity index (χ2n) is 9.74. The Balaban J connectivity index is 1.61. The Kier molecular flexibility index (Phi) is 7.46. The van der Waals surface area contributed by atoms with Crippen molar-refractivity contribution in [2.24, 2.45) is 0 Å². The highest BCUT2D eigenvalue weighted by molar-refractivity contribution is 6.10. The van der Waals surface area contributed by atoms with Gasteiger partial charge in [0.1, 0.15) is 11.4 Å². The average Bonchev–Trinajstić information content (AvgIpc) is 3.38. The molecule has 0 saturated carbocycles. The molecule has 9 nitrogen and oxygen atoms in total. The number of methoxy groups -OCH3 is 1. The molecule has 1 aromatic heterocycles. The van der Waals surface area contributed by atoms with E-state index in [1.807, 2.05) is 0 Å². The predicted molar refractivity (Wildman–Crippen MR) is 149 cm³/mol. The van der Waals surface area contributed by atoms with Crippen molar-refractivity contribution in [3.05, 3.63) is 101 Å². The first-order chi connectivity index (χ1) is 20.0. The van der Waals surface area contributed by atoms with E-state index < -0.39 is 23.7 Å². The third kappa shape index (κ3) is 5.30. The van der Waals surface area contributed by atoms with E-state index in [0.29, 0.717) is 16.9 Å². The highest BCUT2D eigenvalue weighted by Gasteiger charge is 2.43. The van der Waals surface area contributed by atoms with Gasteiger partial charge in [-0.25, -0.2) is 4.68 Å². The van der Waals surface area contributed by atoms with Crippen molar-refractivity contribution in [3.8, 4) is 11.4 Å². The zero-order chi connectivity index (χ0) is 30.2. The molecule has 0 aliphatic carbocycles. The summed E-state index contributed by atoms with van der Waals surface area (Å²) in [6.45, 7) is -0.0362. The van der Waals surface area contributed by atoms with Gasteiger partial charge in [0, 0.05) is 43.1 Å². The lowest BCUT2D eigenvalue weighted by Gasteiger charge is -2.28. The van der Waals surface area contributed by atoms with Gasteiger partial charge in [-0.15, -0.1) is 0 Å². The molecule has 0 saturated heterocycles. The van der Waals surface area contributed by atoms with Crippen LogP contribution in [0.3, 0.4) is 0 Å². The molecule has 1 N–H and O–H groups in total. The van der Waals surface area contributed by atoms with Gasteiger partial charge in [-0.3, -0.25) is 14.4 Å². The van der Waals surface area contributed by atoms with E-state index in [-0.39, 0.29) is 47.1 Å². The normalized spacial score (nSPS) is 13.0. The quantitative estimate of drug-likeness (QED) is 0.346. The fourth-order valence-corrected chi connectivity index (χ4v) is 4.78. The molecule has 1 aliphatic heterocycles. The molecule has 216 valence electrons. The van der Waals surface area contributed by atoms with Gasteiger partial charge in [0.05, 0.1) is 18.4 Å². The third-order valence-electron chi connectivity index (χ3n) is 6.83. The van der Waals surface area contributed by atoms with Crippen LogP contribution in [0.4, 0.5) is 24.5 Å². The summed E-state index contributed by atoms with van der Waals surface area (Å²) in [5, 5.41) is 6.57. The van der Waals surface area contributed by atoms with Crippen LogP contribution in [-0.2, 0) is 12.6 Å². The summed E-state index contributed by atoms with van der Waals surface area (Å²) in [7, 11) is 4.61. The Morgan fingerprint density at radius 2 is 1.69 bits per heavy atom. The first-order valence-electron chi connectivity index (χ1n) is 12.9. The maximum atomic E-state index is 14.2. The van der Waals surface area contributed by atoms with Crippen molar-refractivity contribution in [2.75, 3.05) is 38.0 Å². The molecule has 1 aliphatic rings. The van der Waals surface area contributed by atoms with Gasteiger partial charge < -0.3 is 19.9 Å². The lowest BCUT2D eigenvalue weighted by atomic mass is 10.0. The van der Waals surface area contributed by atoms with Crippen LogP contribution in [0.25, 0.3) is 5.69 Å². The number of rotatable bonds is 6. The number of anilines is 2. The van der Waals surface area contributed by atoms with Crippen LogP contribution in [0.5, 0.6) is 5.75 Å². The molecule has 3 aromatic carbocycles. The number of ether oxygens (including phenoxy) is 1. The molecule has 12 heteroatoms. The molecule has 0 fully saturated rings. The van der Waals surface area contributed by atoms with Gasteiger partial charge in [0.15, 0.2) is 5.69 Å². The topological polar surface area (TPSA) is 96.8 Å². The summed E-state index contributed by atoms with van der Waals surface area (Å²) >= 11 is 0. The predicted octanol–water partition coefficient (Wildman–Crippen LogP) is 5.06. The minimum atomic E-state index is -4.84. The van der Waals surface area contributed by atoms with Gasteiger partial charge in [0.25, 0.3) is 17.7 Å². The molecule has 5 rings (SSSR count). The second kappa shape index (κ2) is 11.0. The number of hydrogen-bond donors (Lipinski definition) is 1. The van der Waals surface area contributed by atoms with Crippen molar-refractivity contribution >= 4 is 29.1 Å². The Morgan fingerprint density at radius 1 is 1.00 bits per heavy atom. The zero-order valence-corrected chi connectivity index (χ0v) is 22.9. The number of para-hydroxylation sites is 1. The molecule has 2 heterocycles. The highest BCUT2D eigenvalue weighted by atomic mass is 19.4. The summed E-state index contributed by atoms with van der Waals surface area (Å²) in [6, 6.07) is 19.0. The molecule has 3 amide bonds. The number of halogens is 3. The van der Waals surface area contributed by atoms with Crippen molar-refractivity contribution in [3.63, 3.8) is 0 Å². The molecule has 0 radical (unpaired) electrons. The minimum absolute atomic E-state index is 0.0295. The van der Waals surface area contributed by atoms with Crippen molar-refractivity contribution in [1.29, 1.82) is 0 Å². The van der Waals surface area contributed by atoms with E-state index in [0.717, 1.165) is 4.68 Å². The second-order valence-corrected chi connectivity index (χ2v) is 9.74. The maximum Gasteiger partial charge on any atom is 0.435 e. The van der Waals surface area contributed by atoms with Crippen LogP contribution in [0.1, 0.15) is 42.5 Å². The number of amides is 3. The lowest BCUT2D eigenvalue weighted by molar-refractivity contribution is -0.141. The van der Waals surface area contributed by atoms with Crippen LogP contribution >= 0.6 is 0 Å². The van der Waals surface area contributed by atoms with E-state index >= 15 is 0 Å². The SMILES string of the molecule is COc1ccc(-n2nc(C(F)(F)F)c3c2C(=O)N(c2ccc(C(=O)N(C)C)cc2)CC3)c(C(=O)Nc2ccccc2)c1. The van der Waals surface area contributed by atoms with Crippen LogP contribution in [0.15, 0.2) is 72.8 Å². The number of benzene rings is 3. The number of carbonyl (C=O) groups excluding carboxylic acids is 3. The van der Waals surface area contributed by atoms with Gasteiger partial charge in [-0.05, 0) is 61.0 Å². The van der Waals surface area contributed by atoms with E-state index in [1.54, 1.807) is 68.7 Å². The Labute approximate surface area is 239 Å². The first kappa shape index (κ1) is 28.4. The fraction of sp³-hybridized carbons (Fsp3) is 0.200. The van der Waals surface area contributed by atoms with E-state index in [1.165, 1.54) is 35.1 Å². The van der Waals surface area contributed by atoms with Crippen molar-refractivity contribution < 1.29 is 32.3 Å². The van der Waals surface area contributed by atoms with Crippen LogP contribution < -0.4 is 15.0 Å². The summed E-state index contributed by atoms with van der Waals surface area (Å²) in [6.07, 6.45) is -4.97. The summed E-state index contributed by atoms with van der Waals surface area (Å²) < 4.78 is 48.6. The fourth-order valence-electron chi connectivity index (χ4n) is 4.78. The number of alkyl halides is 3.